The molecule has 20 heavy (non-hydrogen) atoms. The Balaban J connectivity index is 1.84. The van der Waals surface area contributed by atoms with Crippen LogP contribution in [0.2, 0.25) is 0 Å². The first-order valence-electron chi connectivity index (χ1n) is 5.52. The summed E-state index contributed by atoms with van der Waals surface area (Å²) in [6.07, 6.45) is 1.91. The van der Waals surface area contributed by atoms with Crippen molar-refractivity contribution >= 4 is 46.7 Å². The topological polar surface area (TPSA) is 78.7 Å². The van der Waals surface area contributed by atoms with Gasteiger partial charge in [-0.05, 0) is 42.1 Å². The van der Waals surface area contributed by atoms with Crippen LogP contribution in [-0.2, 0) is 4.79 Å². The first kappa shape index (κ1) is 14.8. The van der Waals surface area contributed by atoms with Gasteiger partial charge in [-0.1, -0.05) is 23.5 Å². The first-order chi connectivity index (χ1) is 9.71. The van der Waals surface area contributed by atoms with E-state index in [9.17, 15) is 4.79 Å². The van der Waals surface area contributed by atoms with Crippen LogP contribution in [0.3, 0.4) is 0 Å². The molecule has 0 aliphatic rings. The maximum Gasteiger partial charge on any atom is 0.234 e. The van der Waals surface area contributed by atoms with Gasteiger partial charge in [0.25, 0.3) is 0 Å². The van der Waals surface area contributed by atoms with Crippen LogP contribution in [0.15, 0.2) is 33.8 Å². The molecule has 1 heterocycles. The molecule has 0 radical (unpaired) electrons. The van der Waals surface area contributed by atoms with Crippen molar-refractivity contribution in [1.82, 2.24) is 9.36 Å². The van der Waals surface area contributed by atoms with Gasteiger partial charge in [0.05, 0.1) is 17.4 Å². The highest BCUT2D eigenvalue weighted by Gasteiger charge is 2.08. The average molecular weight is 322 g/mol. The van der Waals surface area contributed by atoms with E-state index in [4.69, 9.17) is 5.26 Å². The molecule has 0 aliphatic carbocycles. The molecule has 5 nitrogen and oxygen atoms in total. The van der Waals surface area contributed by atoms with Gasteiger partial charge in [-0.2, -0.15) is 9.64 Å². The Hall–Kier alpha value is -1.56. The lowest BCUT2D eigenvalue weighted by molar-refractivity contribution is -0.113. The van der Waals surface area contributed by atoms with E-state index in [0.717, 1.165) is 9.50 Å². The van der Waals surface area contributed by atoms with E-state index >= 15 is 0 Å². The highest BCUT2D eigenvalue weighted by atomic mass is 32.2. The smallest absolute Gasteiger partial charge is 0.234 e. The molecule has 102 valence electrons. The van der Waals surface area contributed by atoms with Crippen LogP contribution in [0.1, 0.15) is 5.56 Å². The molecular weight excluding hydrogens is 312 g/mol. The van der Waals surface area contributed by atoms with Crippen LogP contribution in [0.5, 0.6) is 0 Å². The highest BCUT2D eigenvalue weighted by molar-refractivity contribution is 8.01. The number of hydrogen-bond acceptors (Lipinski definition) is 7. The van der Waals surface area contributed by atoms with Crippen LogP contribution >= 0.6 is 35.1 Å². The number of nitriles is 1. The quantitative estimate of drug-likeness (QED) is 0.853. The molecule has 1 aromatic heterocycles. The number of thioether (sulfide) groups is 2. The largest absolute Gasteiger partial charge is 0.325 e. The molecule has 1 N–H and O–H groups in total. The number of hydrogen-bond donors (Lipinski definition) is 1. The third kappa shape index (κ3) is 4.23. The van der Waals surface area contributed by atoms with Crippen molar-refractivity contribution in [2.45, 2.75) is 9.50 Å². The zero-order valence-corrected chi connectivity index (χ0v) is 12.9. The van der Waals surface area contributed by atoms with Crippen molar-refractivity contribution < 1.29 is 4.79 Å². The van der Waals surface area contributed by atoms with Crippen molar-refractivity contribution in [3.05, 3.63) is 29.8 Å². The van der Waals surface area contributed by atoms with E-state index < -0.39 is 0 Å². The number of benzene rings is 1. The second-order valence-corrected chi connectivity index (χ2v) is 6.32. The molecule has 0 spiro atoms. The fraction of sp³-hybridized carbons (Fsp3) is 0.167. The highest BCUT2D eigenvalue weighted by Crippen LogP contribution is 2.23. The van der Waals surface area contributed by atoms with E-state index in [-0.39, 0.29) is 11.7 Å². The molecule has 8 heteroatoms. The summed E-state index contributed by atoms with van der Waals surface area (Å²) in [6.45, 7) is 0. The molecule has 1 amide bonds. The Bertz CT molecular complexity index is 633. The summed E-state index contributed by atoms with van der Waals surface area (Å²) in [5.41, 5.74) is 1.24. The van der Waals surface area contributed by atoms with Gasteiger partial charge in [0.15, 0.2) is 4.34 Å². The minimum Gasteiger partial charge on any atom is -0.325 e. The number of amides is 1. The number of aromatic nitrogens is 2. The number of carbonyl (C=O) groups is 1. The van der Waals surface area contributed by atoms with Gasteiger partial charge < -0.3 is 5.32 Å². The Kier molecular flexibility index (Phi) is 5.40. The van der Waals surface area contributed by atoms with Crippen LogP contribution in [0.25, 0.3) is 0 Å². The van der Waals surface area contributed by atoms with Gasteiger partial charge in [0, 0.05) is 5.69 Å². The van der Waals surface area contributed by atoms with Crippen molar-refractivity contribution in [3.63, 3.8) is 0 Å². The molecule has 0 fully saturated rings. The number of anilines is 1. The van der Waals surface area contributed by atoms with Crippen LogP contribution < -0.4 is 5.32 Å². The standard InChI is InChI=1S/C12H10N4OS3/c1-18-11-15-12(20-16-11)19-7-10(17)14-9-4-2-8(6-13)3-5-9/h2-5H,7H2,1H3,(H,14,17). The van der Waals surface area contributed by atoms with Crippen LogP contribution in [0, 0.1) is 11.3 Å². The molecule has 0 saturated carbocycles. The first-order valence-corrected chi connectivity index (χ1v) is 8.50. The molecule has 1 aromatic carbocycles. The summed E-state index contributed by atoms with van der Waals surface area (Å²) in [5, 5.41) is 12.2. The lowest BCUT2D eigenvalue weighted by Gasteiger charge is -2.03. The fourth-order valence-electron chi connectivity index (χ4n) is 1.29. The Morgan fingerprint density at radius 2 is 2.20 bits per heavy atom. The Morgan fingerprint density at radius 3 is 2.80 bits per heavy atom. The van der Waals surface area contributed by atoms with Gasteiger partial charge in [-0.3, -0.25) is 4.79 Å². The van der Waals surface area contributed by atoms with E-state index in [2.05, 4.69) is 14.7 Å². The van der Waals surface area contributed by atoms with E-state index in [1.165, 1.54) is 35.1 Å². The molecular formula is C12H10N4OS3. The summed E-state index contributed by atoms with van der Waals surface area (Å²) in [7, 11) is 0. The monoisotopic (exact) mass is 322 g/mol. The van der Waals surface area contributed by atoms with Gasteiger partial charge in [-0.15, -0.1) is 0 Å². The lowest BCUT2D eigenvalue weighted by Crippen LogP contribution is -2.13. The Morgan fingerprint density at radius 1 is 1.45 bits per heavy atom. The molecule has 0 aliphatic heterocycles. The third-order valence-electron chi connectivity index (χ3n) is 2.20. The predicted octanol–water partition coefficient (Wildman–Crippen LogP) is 2.86. The van der Waals surface area contributed by atoms with E-state index in [1.807, 2.05) is 12.3 Å². The second-order valence-electron chi connectivity index (χ2n) is 3.57. The molecule has 0 bridgehead atoms. The van der Waals surface area contributed by atoms with Crippen molar-refractivity contribution in [3.8, 4) is 6.07 Å². The van der Waals surface area contributed by atoms with Gasteiger partial charge in [-0.25, -0.2) is 4.98 Å². The van der Waals surface area contributed by atoms with Crippen LogP contribution in [0.4, 0.5) is 5.69 Å². The predicted molar refractivity (Wildman–Crippen MR) is 82.2 cm³/mol. The Labute approximate surface area is 129 Å². The molecule has 0 unspecified atom stereocenters. The molecule has 2 aromatic rings. The minimum atomic E-state index is -0.111. The van der Waals surface area contributed by atoms with Crippen molar-refractivity contribution in [1.29, 1.82) is 5.26 Å². The fourth-order valence-corrected chi connectivity index (χ4v) is 3.30. The summed E-state index contributed by atoms with van der Waals surface area (Å²) >= 11 is 4.13. The SMILES string of the molecule is CSc1nsc(SCC(=O)Nc2ccc(C#N)cc2)n1. The van der Waals surface area contributed by atoms with Gasteiger partial charge >= 0.3 is 0 Å². The van der Waals surface area contributed by atoms with Crippen LogP contribution in [-0.4, -0.2) is 27.3 Å². The number of nitrogens with zero attached hydrogens (tertiary/aromatic N) is 3. The third-order valence-corrected chi connectivity index (χ3v) is 4.69. The molecule has 0 atom stereocenters. The maximum atomic E-state index is 11.8. The normalized spacial score (nSPS) is 10.0. The summed E-state index contributed by atoms with van der Waals surface area (Å²) < 4.78 is 4.91. The number of carbonyl (C=O) groups excluding carboxylic acids is 1. The van der Waals surface area contributed by atoms with E-state index in [1.54, 1.807) is 24.3 Å². The van der Waals surface area contributed by atoms with Crippen molar-refractivity contribution in [2.75, 3.05) is 17.3 Å². The second kappa shape index (κ2) is 7.28. The average Bonchev–Trinajstić information content (AvgIpc) is 2.94. The zero-order valence-electron chi connectivity index (χ0n) is 10.5. The van der Waals surface area contributed by atoms with Gasteiger partial charge in [0.1, 0.15) is 0 Å². The number of nitrogens with one attached hydrogen (secondary N) is 1. The summed E-state index contributed by atoms with van der Waals surface area (Å²) in [6, 6.07) is 8.77. The minimum absolute atomic E-state index is 0.111. The molecule has 2 rings (SSSR count). The maximum absolute atomic E-state index is 11.8. The van der Waals surface area contributed by atoms with E-state index in [0.29, 0.717) is 11.3 Å². The van der Waals surface area contributed by atoms with Gasteiger partial charge in [0.2, 0.25) is 11.1 Å². The summed E-state index contributed by atoms with van der Waals surface area (Å²) in [5.74, 6) is 0.170. The summed E-state index contributed by atoms with van der Waals surface area (Å²) in [4.78, 5) is 16.0. The zero-order chi connectivity index (χ0) is 14.4. The number of rotatable bonds is 5. The molecule has 0 saturated heterocycles. The lowest BCUT2D eigenvalue weighted by atomic mass is 10.2. The van der Waals surface area contributed by atoms with Crippen molar-refractivity contribution in [2.24, 2.45) is 0 Å².